The normalized spacial score (nSPS) is 13.4. The number of hydrogen-bond donors (Lipinski definition) is 3. The van der Waals surface area contributed by atoms with E-state index in [9.17, 15) is 28.4 Å². The van der Waals surface area contributed by atoms with Gasteiger partial charge in [-0.05, 0) is 99.1 Å². The number of Topliss-reactive ketones (excluding diaryl/α,β-unsaturated/α-hetero) is 1. The van der Waals surface area contributed by atoms with Crippen LogP contribution in [0.5, 0.6) is 0 Å². The highest BCUT2D eigenvalue weighted by atomic mass is 19.1. The van der Waals surface area contributed by atoms with Crippen LogP contribution in [0.1, 0.15) is 46.0 Å². The van der Waals surface area contributed by atoms with Crippen molar-refractivity contribution in [3.63, 3.8) is 0 Å². The van der Waals surface area contributed by atoms with E-state index in [2.05, 4.69) is 10.2 Å². The molecular weight excluding hydrogens is 581 g/mol. The van der Waals surface area contributed by atoms with Gasteiger partial charge in [0, 0.05) is 60.6 Å². The number of nitrogens with one attached hydrogen (secondary N) is 1. The molecule has 0 bridgehead atoms. The number of aryl methyl sites for hydroxylation is 1. The Kier molecular flexibility index (Phi) is 12.7. The summed E-state index contributed by atoms with van der Waals surface area (Å²) < 4.78 is 13.2. The van der Waals surface area contributed by atoms with E-state index >= 15 is 0 Å². The summed E-state index contributed by atoms with van der Waals surface area (Å²) in [7, 11) is 0. The van der Waals surface area contributed by atoms with Gasteiger partial charge < -0.3 is 25.3 Å². The molecule has 0 spiro atoms. The van der Waals surface area contributed by atoms with Crippen molar-refractivity contribution in [3.8, 4) is 0 Å². The summed E-state index contributed by atoms with van der Waals surface area (Å²) in [6.45, 7) is 6.16. The second-order valence-electron chi connectivity index (χ2n) is 10.6. The number of aliphatic carboxylic acids is 2. The molecule has 0 radical (unpaired) electrons. The fraction of sp³-hybridized carbons (Fsp3) is 0.265. The lowest BCUT2D eigenvalue weighted by Crippen LogP contribution is -2.43. The molecule has 0 saturated carbocycles. The fourth-order valence-corrected chi connectivity index (χ4v) is 4.85. The topological polar surface area (TPSA) is 144 Å². The van der Waals surface area contributed by atoms with Gasteiger partial charge in [0.05, 0.1) is 0 Å². The number of carbonyl (C=O) groups excluding carboxylic acids is 3. The van der Waals surface area contributed by atoms with Gasteiger partial charge in [0.15, 0.2) is 5.78 Å². The molecule has 45 heavy (non-hydrogen) atoms. The minimum Gasteiger partial charge on any atom is -0.478 e. The number of benzene rings is 3. The van der Waals surface area contributed by atoms with Crippen molar-refractivity contribution < 1.29 is 38.6 Å². The number of ketones is 1. The standard InChI is InChI=1S/C30H32FN3O3.C4H4O4/c1-21-4-3-5-28(20-21)34(30(37)25-8-12-27(13-9-25)32-22(2)35)19-18-33-16-14-24(15-17-33)29(36)23-6-10-26(31)11-7-23;5-3(6)1-2-4(7)8/h3-13,20,24H,14-19H2,1-2H3,(H,32,35);1-2H,(H,5,6)(H,7,8)/b;2-1+. The van der Waals surface area contributed by atoms with Gasteiger partial charge in [-0.3, -0.25) is 14.4 Å². The Labute approximate surface area is 260 Å². The van der Waals surface area contributed by atoms with E-state index in [1.165, 1.54) is 19.1 Å². The van der Waals surface area contributed by atoms with E-state index in [1.807, 2.05) is 31.2 Å². The number of likely N-dealkylation sites (tertiary alicyclic amines) is 1. The highest BCUT2D eigenvalue weighted by molar-refractivity contribution is 6.06. The average Bonchev–Trinajstić information content (AvgIpc) is 3.01. The van der Waals surface area contributed by atoms with Gasteiger partial charge in [0.1, 0.15) is 5.82 Å². The van der Waals surface area contributed by atoms with Crippen LogP contribution in [0, 0.1) is 18.7 Å². The van der Waals surface area contributed by atoms with Crippen LogP contribution in [0.25, 0.3) is 0 Å². The maximum Gasteiger partial charge on any atom is 0.328 e. The van der Waals surface area contributed by atoms with Crippen LogP contribution in [-0.4, -0.2) is 70.8 Å². The molecule has 3 aromatic rings. The number of amides is 2. The molecule has 11 heteroatoms. The summed E-state index contributed by atoms with van der Waals surface area (Å²) in [5, 5.41) is 18.3. The monoisotopic (exact) mass is 617 g/mol. The quantitative estimate of drug-likeness (QED) is 0.212. The van der Waals surface area contributed by atoms with E-state index in [0.717, 1.165) is 37.2 Å². The molecule has 0 unspecified atom stereocenters. The maximum absolute atomic E-state index is 13.5. The molecule has 3 N–H and O–H groups in total. The molecule has 1 heterocycles. The van der Waals surface area contributed by atoms with Crippen LogP contribution in [0.4, 0.5) is 15.8 Å². The molecule has 10 nitrogen and oxygen atoms in total. The average molecular weight is 618 g/mol. The Hall–Kier alpha value is -5.16. The highest BCUT2D eigenvalue weighted by Crippen LogP contribution is 2.24. The van der Waals surface area contributed by atoms with Crippen LogP contribution in [0.15, 0.2) is 84.9 Å². The van der Waals surface area contributed by atoms with E-state index in [4.69, 9.17) is 10.2 Å². The third-order valence-electron chi connectivity index (χ3n) is 7.11. The number of rotatable bonds is 10. The third-order valence-corrected chi connectivity index (χ3v) is 7.11. The lowest BCUT2D eigenvalue weighted by molar-refractivity contribution is -0.134. The molecule has 0 aromatic heterocycles. The Morgan fingerprint density at radius 2 is 1.47 bits per heavy atom. The summed E-state index contributed by atoms with van der Waals surface area (Å²) in [5.41, 5.74) is 3.64. The smallest absolute Gasteiger partial charge is 0.328 e. The summed E-state index contributed by atoms with van der Waals surface area (Å²) in [6, 6.07) is 20.5. The molecule has 3 aromatic carbocycles. The molecule has 1 aliphatic heterocycles. The first kappa shape index (κ1) is 34.3. The zero-order valence-electron chi connectivity index (χ0n) is 25.1. The van der Waals surface area contributed by atoms with Crippen LogP contribution >= 0.6 is 0 Å². The van der Waals surface area contributed by atoms with Gasteiger partial charge in [-0.1, -0.05) is 12.1 Å². The largest absolute Gasteiger partial charge is 0.478 e. The minimum absolute atomic E-state index is 0.0684. The number of piperidine rings is 1. The Morgan fingerprint density at radius 1 is 0.889 bits per heavy atom. The Morgan fingerprint density at radius 3 is 2.00 bits per heavy atom. The molecular formula is C34H36FN3O7. The molecule has 1 aliphatic rings. The number of carboxylic acids is 2. The summed E-state index contributed by atoms with van der Waals surface area (Å²) >= 11 is 0. The molecule has 0 aliphatic carbocycles. The first-order valence-electron chi connectivity index (χ1n) is 14.3. The Balaban J connectivity index is 0.000000610. The summed E-state index contributed by atoms with van der Waals surface area (Å²) in [4.78, 5) is 60.8. The molecule has 236 valence electrons. The zero-order valence-corrected chi connectivity index (χ0v) is 25.1. The number of carbonyl (C=O) groups is 5. The van der Waals surface area contributed by atoms with Crippen LogP contribution in [-0.2, 0) is 14.4 Å². The molecule has 2 amide bonds. The van der Waals surface area contributed by atoms with Gasteiger partial charge in [0.2, 0.25) is 5.91 Å². The van der Waals surface area contributed by atoms with Crippen molar-refractivity contribution in [1.29, 1.82) is 0 Å². The second kappa shape index (κ2) is 16.6. The first-order chi connectivity index (χ1) is 21.4. The second-order valence-corrected chi connectivity index (χ2v) is 10.6. The minimum atomic E-state index is -1.26. The number of anilines is 2. The predicted molar refractivity (Wildman–Crippen MR) is 168 cm³/mol. The maximum atomic E-state index is 13.5. The number of halogens is 1. The van der Waals surface area contributed by atoms with Gasteiger partial charge in [-0.25, -0.2) is 14.0 Å². The fourth-order valence-electron chi connectivity index (χ4n) is 4.85. The number of carboxylic acid groups (broad SMARTS) is 2. The van der Waals surface area contributed by atoms with Gasteiger partial charge in [0.25, 0.3) is 5.91 Å². The predicted octanol–water partition coefficient (Wildman–Crippen LogP) is 5.05. The van der Waals surface area contributed by atoms with E-state index in [0.29, 0.717) is 42.1 Å². The van der Waals surface area contributed by atoms with Gasteiger partial charge >= 0.3 is 11.9 Å². The van der Waals surface area contributed by atoms with E-state index < -0.39 is 11.9 Å². The van der Waals surface area contributed by atoms with Crippen LogP contribution in [0.2, 0.25) is 0 Å². The van der Waals surface area contributed by atoms with Crippen molar-refractivity contribution in [2.45, 2.75) is 26.7 Å². The zero-order chi connectivity index (χ0) is 32.9. The summed E-state index contributed by atoms with van der Waals surface area (Å²) in [6.07, 6.45) is 2.59. The number of hydrogen-bond acceptors (Lipinski definition) is 6. The van der Waals surface area contributed by atoms with Gasteiger partial charge in [-0.2, -0.15) is 0 Å². The SMILES string of the molecule is CC(=O)Nc1ccc(C(=O)N(CCN2CCC(C(=O)c3ccc(F)cc3)CC2)c2cccc(C)c2)cc1.O=C(O)/C=C/C(=O)O. The lowest BCUT2D eigenvalue weighted by atomic mass is 9.89. The molecule has 4 rings (SSSR count). The van der Waals surface area contributed by atoms with Crippen LogP contribution < -0.4 is 10.2 Å². The highest BCUT2D eigenvalue weighted by Gasteiger charge is 2.27. The van der Waals surface area contributed by atoms with Crippen molar-refractivity contribution >= 4 is 40.9 Å². The first-order valence-corrected chi connectivity index (χ1v) is 14.3. The van der Waals surface area contributed by atoms with Crippen molar-refractivity contribution in [3.05, 3.63) is 107 Å². The third kappa shape index (κ3) is 11.1. The van der Waals surface area contributed by atoms with Crippen molar-refractivity contribution in [2.75, 3.05) is 36.4 Å². The van der Waals surface area contributed by atoms with E-state index in [-0.39, 0.29) is 29.3 Å². The molecule has 1 fully saturated rings. The van der Waals surface area contributed by atoms with Crippen molar-refractivity contribution in [2.24, 2.45) is 5.92 Å². The van der Waals surface area contributed by atoms with Crippen LogP contribution in [0.3, 0.4) is 0 Å². The van der Waals surface area contributed by atoms with Crippen molar-refractivity contribution in [1.82, 2.24) is 4.90 Å². The van der Waals surface area contributed by atoms with E-state index in [1.54, 1.807) is 41.3 Å². The summed E-state index contributed by atoms with van der Waals surface area (Å²) in [5.74, 6) is -3.13. The Bertz CT molecular complexity index is 1510. The lowest BCUT2D eigenvalue weighted by Gasteiger charge is -2.33. The molecule has 0 atom stereocenters. The number of nitrogens with zero attached hydrogens (tertiary/aromatic N) is 2. The molecule has 1 saturated heterocycles. The van der Waals surface area contributed by atoms with Gasteiger partial charge in [-0.15, -0.1) is 0 Å².